The van der Waals surface area contributed by atoms with E-state index in [9.17, 15) is 8.42 Å². The fourth-order valence-corrected chi connectivity index (χ4v) is 1.07. The van der Waals surface area contributed by atoms with Gasteiger partial charge in [0.25, 0.3) is 0 Å². The van der Waals surface area contributed by atoms with Gasteiger partial charge in [-0.3, -0.25) is 0 Å². The summed E-state index contributed by atoms with van der Waals surface area (Å²) in [5.74, 6) is 0. The lowest BCUT2D eigenvalue weighted by atomic mass is 10.4. The Morgan fingerprint density at radius 1 is 1.67 bits per heavy atom. The van der Waals surface area contributed by atoms with Crippen LogP contribution in [-0.2, 0) is 9.84 Å². The molecule has 0 amide bonds. The SMILES string of the molecule is CC/C(N)=C\S(C)(=O)=O. The summed E-state index contributed by atoms with van der Waals surface area (Å²) in [5, 5.41) is 1.08. The molecule has 0 aliphatic carbocycles. The standard InChI is InChI=1S/C5H11NO2S/c1-3-5(6)4-9(2,7)8/h4H,3,6H2,1-2H3/b5-4+. The minimum atomic E-state index is -3.02. The number of hydrogen-bond acceptors (Lipinski definition) is 3. The maximum atomic E-state index is 10.4. The van der Waals surface area contributed by atoms with E-state index in [-0.39, 0.29) is 0 Å². The molecule has 0 unspecified atom stereocenters. The van der Waals surface area contributed by atoms with Gasteiger partial charge < -0.3 is 5.73 Å². The van der Waals surface area contributed by atoms with E-state index in [0.717, 1.165) is 11.7 Å². The van der Waals surface area contributed by atoms with E-state index in [1.807, 2.05) is 0 Å². The second-order valence-electron chi connectivity index (χ2n) is 1.88. The summed E-state index contributed by atoms with van der Waals surface area (Å²) in [4.78, 5) is 0. The molecule has 9 heavy (non-hydrogen) atoms. The van der Waals surface area contributed by atoms with Gasteiger partial charge in [-0.15, -0.1) is 0 Å². The predicted molar refractivity (Wildman–Crippen MR) is 37.4 cm³/mol. The Hall–Kier alpha value is -0.510. The summed E-state index contributed by atoms with van der Waals surface area (Å²) >= 11 is 0. The number of sulfone groups is 1. The smallest absolute Gasteiger partial charge is 0.170 e. The van der Waals surface area contributed by atoms with Gasteiger partial charge in [0.05, 0.1) is 0 Å². The lowest BCUT2D eigenvalue weighted by Crippen LogP contribution is -1.99. The molecule has 0 aliphatic heterocycles. The van der Waals surface area contributed by atoms with Crippen molar-refractivity contribution in [3.8, 4) is 0 Å². The van der Waals surface area contributed by atoms with Crippen LogP contribution in [0.2, 0.25) is 0 Å². The quantitative estimate of drug-likeness (QED) is 0.612. The Morgan fingerprint density at radius 2 is 2.11 bits per heavy atom. The number of nitrogens with two attached hydrogens (primary N) is 1. The number of allylic oxidation sites excluding steroid dienone is 1. The molecule has 0 spiro atoms. The Labute approximate surface area is 55.5 Å². The normalized spacial score (nSPS) is 13.8. The molecule has 0 aliphatic rings. The molecule has 0 aromatic rings. The first-order valence-electron chi connectivity index (χ1n) is 2.62. The molecule has 0 fully saturated rings. The zero-order valence-electron chi connectivity index (χ0n) is 5.59. The molecule has 0 radical (unpaired) electrons. The van der Waals surface area contributed by atoms with Gasteiger partial charge in [-0.25, -0.2) is 8.42 Å². The summed E-state index contributed by atoms with van der Waals surface area (Å²) < 4.78 is 20.9. The van der Waals surface area contributed by atoms with Crippen LogP contribution in [0.5, 0.6) is 0 Å². The second-order valence-corrected chi connectivity index (χ2v) is 3.77. The third kappa shape index (κ3) is 5.36. The summed E-state index contributed by atoms with van der Waals surface area (Å²) in [7, 11) is -3.02. The lowest BCUT2D eigenvalue weighted by Gasteiger charge is -1.91. The van der Waals surface area contributed by atoms with Crippen LogP contribution in [0.25, 0.3) is 0 Å². The summed E-state index contributed by atoms with van der Waals surface area (Å²) in [5.41, 5.74) is 5.64. The molecule has 0 aromatic heterocycles. The minimum absolute atomic E-state index is 0.400. The van der Waals surface area contributed by atoms with Crippen LogP contribution in [0.1, 0.15) is 13.3 Å². The highest BCUT2D eigenvalue weighted by Crippen LogP contribution is 1.94. The molecule has 4 heteroatoms. The van der Waals surface area contributed by atoms with Crippen molar-refractivity contribution in [2.24, 2.45) is 5.73 Å². The molecule has 0 rings (SSSR count). The largest absolute Gasteiger partial charge is 0.401 e. The lowest BCUT2D eigenvalue weighted by molar-refractivity contribution is 0.609. The third-order valence-electron chi connectivity index (χ3n) is 0.774. The zero-order chi connectivity index (χ0) is 7.49. The van der Waals surface area contributed by atoms with Gasteiger partial charge in [-0.2, -0.15) is 0 Å². The van der Waals surface area contributed by atoms with Crippen LogP contribution in [-0.4, -0.2) is 14.7 Å². The molecule has 0 saturated carbocycles. The highest BCUT2D eigenvalue weighted by molar-refractivity contribution is 7.93. The molecule has 0 aromatic carbocycles. The van der Waals surface area contributed by atoms with Gasteiger partial charge in [0.2, 0.25) is 0 Å². The molecule has 2 N–H and O–H groups in total. The van der Waals surface area contributed by atoms with Gasteiger partial charge in [-0.05, 0) is 6.42 Å². The molecule has 0 heterocycles. The van der Waals surface area contributed by atoms with E-state index >= 15 is 0 Å². The Morgan fingerprint density at radius 3 is 2.22 bits per heavy atom. The third-order valence-corrected chi connectivity index (χ3v) is 1.50. The van der Waals surface area contributed by atoms with Gasteiger partial charge in [0.1, 0.15) is 0 Å². The van der Waals surface area contributed by atoms with Crippen molar-refractivity contribution in [2.45, 2.75) is 13.3 Å². The highest BCUT2D eigenvalue weighted by Gasteiger charge is 1.95. The van der Waals surface area contributed by atoms with Crippen molar-refractivity contribution < 1.29 is 8.42 Å². The van der Waals surface area contributed by atoms with Gasteiger partial charge >= 0.3 is 0 Å². The Balaban J connectivity index is 4.32. The first-order chi connectivity index (χ1) is 3.95. The van der Waals surface area contributed by atoms with Crippen LogP contribution >= 0.6 is 0 Å². The predicted octanol–water partition coefficient (Wildman–Crippen LogP) is 0.241. The molecule has 0 bridgehead atoms. The first-order valence-corrected chi connectivity index (χ1v) is 4.57. The number of hydrogen-bond donors (Lipinski definition) is 1. The topological polar surface area (TPSA) is 60.2 Å². The maximum absolute atomic E-state index is 10.4. The van der Waals surface area contributed by atoms with Crippen LogP contribution in [0.3, 0.4) is 0 Å². The highest BCUT2D eigenvalue weighted by atomic mass is 32.2. The van der Waals surface area contributed by atoms with E-state index in [2.05, 4.69) is 0 Å². The Kier molecular flexibility index (Phi) is 2.70. The molecule has 0 saturated heterocycles. The Bertz CT molecular complexity index is 203. The van der Waals surface area contributed by atoms with Gasteiger partial charge in [0.15, 0.2) is 9.84 Å². The van der Waals surface area contributed by atoms with Crippen LogP contribution in [0, 0.1) is 0 Å². The van der Waals surface area contributed by atoms with E-state index in [4.69, 9.17) is 5.73 Å². The van der Waals surface area contributed by atoms with Crippen molar-refractivity contribution in [3.05, 3.63) is 11.1 Å². The van der Waals surface area contributed by atoms with E-state index in [0.29, 0.717) is 12.1 Å². The van der Waals surface area contributed by atoms with Crippen LogP contribution < -0.4 is 5.73 Å². The zero-order valence-corrected chi connectivity index (χ0v) is 6.40. The molecular formula is C5H11NO2S. The molecule has 0 atom stereocenters. The van der Waals surface area contributed by atoms with Crippen molar-refractivity contribution in [2.75, 3.05) is 6.26 Å². The van der Waals surface area contributed by atoms with E-state index in [1.165, 1.54) is 0 Å². The van der Waals surface area contributed by atoms with Crippen molar-refractivity contribution >= 4 is 9.84 Å². The first kappa shape index (κ1) is 8.49. The molecule has 3 nitrogen and oxygen atoms in total. The van der Waals surface area contributed by atoms with Crippen molar-refractivity contribution in [3.63, 3.8) is 0 Å². The fraction of sp³-hybridized carbons (Fsp3) is 0.600. The van der Waals surface area contributed by atoms with Gasteiger partial charge in [-0.1, -0.05) is 6.92 Å². The fourth-order valence-electron chi connectivity index (χ4n) is 0.358. The van der Waals surface area contributed by atoms with Gasteiger partial charge in [0, 0.05) is 17.4 Å². The monoisotopic (exact) mass is 149 g/mol. The van der Waals surface area contributed by atoms with Crippen LogP contribution in [0.15, 0.2) is 11.1 Å². The molecular weight excluding hydrogens is 138 g/mol. The average Bonchev–Trinajstić information content (AvgIpc) is 1.62. The van der Waals surface area contributed by atoms with E-state index in [1.54, 1.807) is 6.92 Å². The van der Waals surface area contributed by atoms with Crippen molar-refractivity contribution in [1.29, 1.82) is 0 Å². The summed E-state index contributed by atoms with van der Waals surface area (Å²) in [6.07, 6.45) is 1.70. The second kappa shape index (κ2) is 2.87. The maximum Gasteiger partial charge on any atom is 0.170 e. The summed E-state index contributed by atoms with van der Waals surface area (Å²) in [6, 6.07) is 0. The average molecular weight is 149 g/mol. The van der Waals surface area contributed by atoms with Crippen molar-refractivity contribution in [1.82, 2.24) is 0 Å². The minimum Gasteiger partial charge on any atom is -0.401 e. The number of rotatable bonds is 2. The summed E-state index contributed by atoms with van der Waals surface area (Å²) in [6.45, 7) is 1.80. The van der Waals surface area contributed by atoms with Crippen LogP contribution in [0.4, 0.5) is 0 Å². The molecule has 54 valence electrons. The van der Waals surface area contributed by atoms with E-state index < -0.39 is 9.84 Å².